The molecule has 0 atom stereocenters. The summed E-state index contributed by atoms with van der Waals surface area (Å²) in [5.74, 6) is -0.215. The minimum Gasteiger partial charge on any atom is -0.369 e. The van der Waals surface area contributed by atoms with Crippen molar-refractivity contribution in [3.63, 3.8) is 0 Å². The number of hydrogen-bond acceptors (Lipinski definition) is 1. The standard InChI is InChI=1S/C9H19NO.2C2H6/c1-8(2,3)6-9(4,5)7(10)11;2*1-2/h6H2,1-5H3,(H2,10,11);2*1-2H3. The largest absolute Gasteiger partial charge is 0.369 e. The van der Waals surface area contributed by atoms with Crippen LogP contribution in [0.2, 0.25) is 0 Å². The highest BCUT2D eigenvalue weighted by Gasteiger charge is 2.30. The first-order valence-corrected chi connectivity index (χ1v) is 5.95. The monoisotopic (exact) mass is 217 g/mol. The molecule has 0 saturated carbocycles. The SMILES string of the molecule is CC.CC.CC(C)(C)CC(C)(C)C(N)=O. The van der Waals surface area contributed by atoms with Gasteiger partial charge in [-0.15, -0.1) is 0 Å². The highest BCUT2D eigenvalue weighted by molar-refractivity contribution is 5.79. The van der Waals surface area contributed by atoms with E-state index in [0.29, 0.717) is 0 Å². The van der Waals surface area contributed by atoms with Crippen LogP contribution in [0.15, 0.2) is 0 Å². The highest BCUT2D eigenvalue weighted by atomic mass is 16.1. The summed E-state index contributed by atoms with van der Waals surface area (Å²) >= 11 is 0. The van der Waals surface area contributed by atoms with E-state index in [0.717, 1.165) is 6.42 Å². The van der Waals surface area contributed by atoms with Gasteiger partial charge in [-0.25, -0.2) is 0 Å². The van der Waals surface area contributed by atoms with Crippen molar-refractivity contribution in [2.75, 3.05) is 0 Å². The maximum atomic E-state index is 10.9. The van der Waals surface area contributed by atoms with Gasteiger partial charge in [0.15, 0.2) is 0 Å². The van der Waals surface area contributed by atoms with Gasteiger partial charge >= 0.3 is 0 Å². The van der Waals surface area contributed by atoms with Crippen LogP contribution >= 0.6 is 0 Å². The summed E-state index contributed by atoms with van der Waals surface area (Å²) in [5.41, 5.74) is 5.03. The first-order valence-electron chi connectivity index (χ1n) is 5.95. The predicted octanol–water partition coefficient (Wildman–Crippen LogP) is 3.99. The van der Waals surface area contributed by atoms with Crippen LogP contribution in [0.25, 0.3) is 0 Å². The van der Waals surface area contributed by atoms with Crippen molar-refractivity contribution in [1.29, 1.82) is 0 Å². The van der Waals surface area contributed by atoms with Crippen molar-refractivity contribution < 1.29 is 4.79 Å². The van der Waals surface area contributed by atoms with Gasteiger partial charge in [0.05, 0.1) is 0 Å². The summed E-state index contributed by atoms with van der Waals surface area (Å²) in [6, 6.07) is 0. The first-order chi connectivity index (χ1) is 6.65. The number of rotatable bonds is 2. The Labute approximate surface area is 96.6 Å². The Kier molecular flexibility index (Phi) is 11.6. The molecule has 0 aliphatic rings. The molecule has 0 rings (SSSR count). The zero-order chi connectivity index (χ0) is 13.3. The lowest BCUT2D eigenvalue weighted by Gasteiger charge is -2.29. The second kappa shape index (κ2) is 8.75. The third-order valence-electron chi connectivity index (χ3n) is 1.64. The van der Waals surface area contributed by atoms with Crippen molar-refractivity contribution in [1.82, 2.24) is 0 Å². The van der Waals surface area contributed by atoms with Crippen molar-refractivity contribution in [3.8, 4) is 0 Å². The molecule has 0 fully saturated rings. The van der Waals surface area contributed by atoms with Crippen LogP contribution in [-0.4, -0.2) is 5.91 Å². The molecular weight excluding hydrogens is 186 g/mol. The van der Waals surface area contributed by atoms with Crippen LogP contribution in [-0.2, 0) is 4.79 Å². The molecule has 0 aliphatic carbocycles. The molecule has 0 spiro atoms. The molecule has 0 bridgehead atoms. The van der Waals surface area contributed by atoms with E-state index in [4.69, 9.17) is 5.73 Å². The fourth-order valence-electron chi connectivity index (χ4n) is 1.41. The van der Waals surface area contributed by atoms with Crippen molar-refractivity contribution in [2.24, 2.45) is 16.6 Å². The Hall–Kier alpha value is -0.530. The zero-order valence-electron chi connectivity index (χ0n) is 12.2. The van der Waals surface area contributed by atoms with Gasteiger partial charge < -0.3 is 5.73 Å². The second-order valence-corrected chi connectivity index (χ2v) is 4.99. The molecular formula is C13H31NO. The Morgan fingerprint density at radius 3 is 1.27 bits per heavy atom. The minimum atomic E-state index is -0.377. The average Bonchev–Trinajstić information content (AvgIpc) is 2.07. The van der Waals surface area contributed by atoms with Gasteiger partial charge in [0.1, 0.15) is 0 Å². The second-order valence-electron chi connectivity index (χ2n) is 4.99. The van der Waals surface area contributed by atoms with Gasteiger partial charge in [0, 0.05) is 5.41 Å². The van der Waals surface area contributed by atoms with E-state index < -0.39 is 0 Å². The van der Waals surface area contributed by atoms with Gasteiger partial charge in [-0.05, 0) is 11.8 Å². The van der Waals surface area contributed by atoms with E-state index in [9.17, 15) is 4.79 Å². The van der Waals surface area contributed by atoms with Gasteiger partial charge in [-0.1, -0.05) is 62.3 Å². The summed E-state index contributed by atoms with van der Waals surface area (Å²) in [5, 5.41) is 0. The van der Waals surface area contributed by atoms with Gasteiger partial charge in [0.2, 0.25) is 5.91 Å². The predicted molar refractivity (Wildman–Crippen MR) is 69.7 cm³/mol. The number of carbonyl (C=O) groups excluding carboxylic acids is 1. The Morgan fingerprint density at radius 2 is 1.20 bits per heavy atom. The summed E-state index contributed by atoms with van der Waals surface area (Å²) in [4.78, 5) is 10.9. The van der Waals surface area contributed by atoms with E-state index in [1.807, 2.05) is 41.5 Å². The molecule has 0 radical (unpaired) electrons. The first kappa shape index (κ1) is 20.0. The quantitative estimate of drug-likeness (QED) is 0.746. The zero-order valence-corrected chi connectivity index (χ0v) is 12.2. The topological polar surface area (TPSA) is 43.1 Å². The number of nitrogens with two attached hydrogens (primary N) is 1. The summed E-state index contributed by atoms with van der Waals surface area (Å²) in [7, 11) is 0. The molecule has 2 heteroatoms. The van der Waals surface area contributed by atoms with Crippen LogP contribution in [0.1, 0.15) is 68.7 Å². The Bertz CT molecular complexity index is 154. The van der Waals surface area contributed by atoms with Crippen LogP contribution in [0.3, 0.4) is 0 Å². The minimum absolute atomic E-state index is 0.165. The lowest BCUT2D eigenvalue weighted by Crippen LogP contribution is -2.34. The molecule has 0 unspecified atom stereocenters. The van der Waals surface area contributed by atoms with Gasteiger partial charge in [-0.3, -0.25) is 4.79 Å². The smallest absolute Gasteiger partial charge is 0.223 e. The maximum Gasteiger partial charge on any atom is 0.223 e. The lowest BCUT2D eigenvalue weighted by atomic mass is 9.76. The third-order valence-corrected chi connectivity index (χ3v) is 1.64. The van der Waals surface area contributed by atoms with Crippen LogP contribution in [0.5, 0.6) is 0 Å². The molecule has 0 saturated heterocycles. The molecule has 0 aromatic heterocycles. The summed E-state index contributed by atoms with van der Waals surface area (Å²) in [6.07, 6.45) is 0.829. The molecule has 0 aliphatic heterocycles. The fraction of sp³-hybridized carbons (Fsp3) is 0.923. The highest BCUT2D eigenvalue weighted by Crippen LogP contribution is 2.32. The molecule has 15 heavy (non-hydrogen) atoms. The molecule has 0 heterocycles. The van der Waals surface area contributed by atoms with Crippen LogP contribution in [0, 0.1) is 10.8 Å². The molecule has 1 amide bonds. The molecule has 2 nitrogen and oxygen atoms in total. The fourth-order valence-corrected chi connectivity index (χ4v) is 1.41. The molecule has 94 valence electrons. The van der Waals surface area contributed by atoms with Crippen molar-refractivity contribution in [3.05, 3.63) is 0 Å². The van der Waals surface area contributed by atoms with Crippen LogP contribution in [0.4, 0.5) is 0 Å². The van der Waals surface area contributed by atoms with E-state index >= 15 is 0 Å². The number of carbonyl (C=O) groups is 1. The maximum absolute atomic E-state index is 10.9. The number of primary amides is 1. The Balaban J connectivity index is -0.000000318. The van der Waals surface area contributed by atoms with Gasteiger partial charge in [-0.2, -0.15) is 0 Å². The average molecular weight is 217 g/mol. The number of amides is 1. The molecule has 0 aromatic rings. The molecule has 0 aromatic carbocycles. The summed E-state index contributed by atoms with van der Waals surface area (Å²) < 4.78 is 0. The van der Waals surface area contributed by atoms with E-state index in [1.165, 1.54) is 0 Å². The lowest BCUT2D eigenvalue weighted by molar-refractivity contribution is -0.127. The van der Waals surface area contributed by atoms with E-state index in [2.05, 4.69) is 20.8 Å². The van der Waals surface area contributed by atoms with Gasteiger partial charge in [0.25, 0.3) is 0 Å². The van der Waals surface area contributed by atoms with E-state index in [-0.39, 0.29) is 16.7 Å². The van der Waals surface area contributed by atoms with E-state index in [1.54, 1.807) is 0 Å². The Morgan fingerprint density at radius 1 is 0.933 bits per heavy atom. The third kappa shape index (κ3) is 13.5. The van der Waals surface area contributed by atoms with Crippen LogP contribution < -0.4 is 5.73 Å². The summed E-state index contributed by atoms with van der Waals surface area (Å²) in [6.45, 7) is 18.1. The normalized spacial score (nSPS) is 10.5. The van der Waals surface area contributed by atoms with Crippen molar-refractivity contribution in [2.45, 2.75) is 68.7 Å². The number of hydrogen-bond donors (Lipinski definition) is 1. The molecule has 2 N–H and O–H groups in total. The van der Waals surface area contributed by atoms with Crippen molar-refractivity contribution >= 4 is 5.91 Å².